The summed E-state index contributed by atoms with van der Waals surface area (Å²) in [6.07, 6.45) is 3.89. The third-order valence-electron chi connectivity index (χ3n) is 0.347. The smallest absolute Gasteiger partial charge is 0.145 e. The Balaban J connectivity index is 0. The summed E-state index contributed by atoms with van der Waals surface area (Å²) >= 11 is 0. The molecule has 54 valence electrons. The summed E-state index contributed by atoms with van der Waals surface area (Å²) < 4.78 is 4.51. The summed E-state index contributed by atoms with van der Waals surface area (Å²) in [7, 11) is 1.62. The van der Waals surface area contributed by atoms with Crippen LogP contribution in [-0.2, 0) is 9.53 Å². The highest BCUT2D eigenvalue weighted by molar-refractivity contribution is 5.49. The molecule has 0 rings (SSSR count). The van der Waals surface area contributed by atoms with Crippen LogP contribution >= 0.6 is 0 Å². The Kier molecular flexibility index (Phi) is 19.2. The molecular weight excluding hydrogens is 120 g/mol. The highest BCUT2D eigenvalue weighted by atomic mass is 16.5. The van der Waals surface area contributed by atoms with Crippen molar-refractivity contribution in [3.8, 4) is 0 Å². The van der Waals surface area contributed by atoms with Crippen molar-refractivity contribution in [3.63, 3.8) is 0 Å². The van der Waals surface area contributed by atoms with Crippen molar-refractivity contribution in [1.29, 1.82) is 0 Å². The summed E-state index contributed by atoms with van der Waals surface area (Å²) in [5, 5.41) is 7.51. The van der Waals surface area contributed by atoms with Gasteiger partial charge in [-0.2, -0.15) is 0 Å². The van der Waals surface area contributed by atoms with E-state index in [0.29, 0.717) is 6.29 Å². The molecule has 3 nitrogen and oxygen atoms in total. The number of carbonyl (C=O) groups is 1. The molecule has 0 bridgehead atoms. The van der Waals surface area contributed by atoms with Crippen LogP contribution in [0.15, 0.2) is 12.3 Å². The lowest BCUT2D eigenvalue weighted by atomic mass is 10.7. The van der Waals surface area contributed by atoms with E-state index in [-0.39, 0.29) is 6.61 Å². The Bertz CT molecular complexity index is 68.7. The maximum Gasteiger partial charge on any atom is 0.145 e. The van der Waals surface area contributed by atoms with Crippen molar-refractivity contribution >= 4 is 6.29 Å². The van der Waals surface area contributed by atoms with Gasteiger partial charge in [0.2, 0.25) is 0 Å². The molecule has 0 spiro atoms. The van der Waals surface area contributed by atoms with Gasteiger partial charge in [0, 0.05) is 0 Å². The molecule has 0 unspecified atom stereocenters. The Hall–Kier alpha value is -0.830. The highest BCUT2D eigenvalue weighted by Gasteiger charge is 1.53. The Morgan fingerprint density at radius 3 is 2.11 bits per heavy atom. The van der Waals surface area contributed by atoms with E-state index in [1.54, 1.807) is 13.4 Å². The molecule has 0 aliphatic carbocycles. The monoisotopic (exact) mass is 132 g/mol. The Morgan fingerprint density at radius 2 is 2.11 bits per heavy atom. The van der Waals surface area contributed by atoms with Crippen molar-refractivity contribution in [1.82, 2.24) is 0 Å². The van der Waals surface area contributed by atoms with Crippen molar-refractivity contribution in [3.05, 3.63) is 12.3 Å². The number of hydrogen-bond donors (Lipinski definition) is 1. The Morgan fingerprint density at radius 1 is 1.67 bits per heavy atom. The molecule has 9 heavy (non-hydrogen) atoms. The zero-order chi connectivity index (χ0) is 7.54. The highest BCUT2D eigenvalue weighted by Crippen LogP contribution is 1.64. The van der Waals surface area contributed by atoms with Crippen molar-refractivity contribution in [2.24, 2.45) is 0 Å². The molecule has 0 aliphatic heterocycles. The van der Waals surface area contributed by atoms with Crippen LogP contribution in [0.2, 0.25) is 0 Å². The SMILES string of the molecule is CC=COC.O=CCO. The van der Waals surface area contributed by atoms with E-state index in [0.717, 1.165) is 0 Å². The molecule has 0 atom stereocenters. The summed E-state index contributed by atoms with van der Waals surface area (Å²) in [4.78, 5) is 8.92. The minimum absolute atomic E-state index is 0.361. The van der Waals surface area contributed by atoms with Crippen LogP contribution < -0.4 is 0 Å². The molecule has 0 radical (unpaired) electrons. The molecule has 0 saturated heterocycles. The predicted molar refractivity (Wildman–Crippen MR) is 35.0 cm³/mol. The standard InChI is InChI=1S/C4H8O.C2H4O2/c1-3-4-5-2;3-1-2-4/h3-4H,1-2H3;1,4H,2H2. The van der Waals surface area contributed by atoms with Crippen LogP contribution in [0.4, 0.5) is 0 Å². The zero-order valence-corrected chi connectivity index (χ0v) is 5.70. The quantitative estimate of drug-likeness (QED) is 0.435. The van der Waals surface area contributed by atoms with E-state index in [1.807, 2.05) is 13.0 Å². The van der Waals surface area contributed by atoms with E-state index in [9.17, 15) is 0 Å². The minimum Gasteiger partial charge on any atom is -0.505 e. The van der Waals surface area contributed by atoms with Gasteiger partial charge in [0.15, 0.2) is 0 Å². The van der Waals surface area contributed by atoms with E-state index >= 15 is 0 Å². The molecule has 3 heteroatoms. The predicted octanol–water partition coefficient (Wildman–Crippen LogP) is 0.344. The number of carbonyl (C=O) groups excluding carboxylic acids is 1. The topological polar surface area (TPSA) is 46.5 Å². The van der Waals surface area contributed by atoms with Gasteiger partial charge >= 0.3 is 0 Å². The Labute approximate surface area is 54.9 Å². The lowest BCUT2D eigenvalue weighted by Gasteiger charge is -1.76. The van der Waals surface area contributed by atoms with Crippen LogP contribution in [0.1, 0.15) is 6.92 Å². The molecule has 0 aromatic rings. The van der Waals surface area contributed by atoms with Gasteiger partial charge < -0.3 is 14.6 Å². The maximum absolute atomic E-state index is 8.92. The van der Waals surface area contributed by atoms with Crippen molar-refractivity contribution < 1.29 is 14.6 Å². The average Bonchev–Trinajstić information content (AvgIpc) is 1.91. The molecule has 0 amide bonds. The summed E-state index contributed by atoms with van der Waals surface area (Å²) in [5.74, 6) is 0. The first-order chi connectivity index (χ1) is 4.33. The zero-order valence-electron chi connectivity index (χ0n) is 5.70. The fourth-order valence-corrected chi connectivity index (χ4v) is 0.136. The summed E-state index contributed by atoms with van der Waals surface area (Å²) in [6.45, 7) is 1.55. The molecule has 0 aliphatic rings. The maximum atomic E-state index is 8.92. The summed E-state index contributed by atoms with van der Waals surface area (Å²) in [5.41, 5.74) is 0. The van der Waals surface area contributed by atoms with Crippen LogP contribution in [-0.4, -0.2) is 25.1 Å². The first-order valence-electron chi connectivity index (χ1n) is 2.51. The number of aliphatic hydroxyl groups is 1. The third kappa shape index (κ3) is 40.7. The fraction of sp³-hybridized carbons (Fsp3) is 0.500. The second kappa shape index (κ2) is 15.7. The fourth-order valence-electron chi connectivity index (χ4n) is 0.136. The van der Waals surface area contributed by atoms with Crippen molar-refractivity contribution in [2.75, 3.05) is 13.7 Å². The third-order valence-corrected chi connectivity index (χ3v) is 0.347. The van der Waals surface area contributed by atoms with Gasteiger partial charge in [-0.1, -0.05) is 6.08 Å². The van der Waals surface area contributed by atoms with Crippen LogP contribution in [0.25, 0.3) is 0 Å². The van der Waals surface area contributed by atoms with Gasteiger partial charge in [-0.25, -0.2) is 0 Å². The lowest BCUT2D eigenvalue weighted by Crippen LogP contribution is -1.75. The first-order valence-corrected chi connectivity index (χ1v) is 2.51. The van der Waals surface area contributed by atoms with Gasteiger partial charge in [-0.15, -0.1) is 0 Å². The van der Waals surface area contributed by atoms with E-state index in [1.165, 1.54) is 0 Å². The number of hydrogen-bond acceptors (Lipinski definition) is 3. The average molecular weight is 132 g/mol. The number of rotatable bonds is 2. The van der Waals surface area contributed by atoms with E-state index < -0.39 is 0 Å². The van der Waals surface area contributed by atoms with E-state index in [2.05, 4.69) is 4.74 Å². The molecule has 0 aromatic carbocycles. The normalized spacial score (nSPS) is 7.89. The van der Waals surface area contributed by atoms with Crippen molar-refractivity contribution in [2.45, 2.75) is 6.92 Å². The molecule has 0 saturated carbocycles. The summed E-state index contributed by atoms with van der Waals surface area (Å²) in [6, 6.07) is 0. The molecular formula is C6H12O3. The van der Waals surface area contributed by atoms with E-state index in [4.69, 9.17) is 9.90 Å². The number of aldehydes is 1. The molecule has 0 heterocycles. The number of methoxy groups -OCH3 is 1. The van der Waals surface area contributed by atoms with Gasteiger partial charge in [0.25, 0.3) is 0 Å². The molecule has 0 aromatic heterocycles. The molecule has 0 fully saturated rings. The van der Waals surface area contributed by atoms with Gasteiger partial charge in [0.1, 0.15) is 6.29 Å². The van der Waals surface area contributed by atoms with Gasteiger partial charge in [0.05, 0.1) is 20.0 Å². The van der Waals surface area contributed by atoms with Gasteiger partial charge in [-0.05, 0) is 6.92 Å². The number of allylic oxidation sites excluding steroid dienone is 1. The van der Waals surface area contributed by atoms with Crippen LogP contribution in [0.5, 0.6) is 0 Å². The second-order valence-electron chi connectivity index (χ2n) is 1.05. The number of aliphatic hydroxyl groups excluding tert-OH is 1. The lowest BCUT2D eigenvalue weighted by molar-refractivity contribution is -0.110. The van der Waals surface area contributed by atoms with Crippen LogP contribution in [0, 0.1) is 0 Å². The van der Waals surface area contributed by atoms with Crippen LogP contribution in [0.3, 0.4) is 0 Å². The minimum atomic E-state index is -0.361. The number of ether oxygens (including phenoxy) is 1. The second-order valence-corrected chi connectivity index (χ2v) is 1.05. The van der Waals surface area contributed by atoms with Gasteiger partial charge in [-0.3, -0.25) is 0 Å². The molecule has 1 N–H and O–H groups in total. The largest absolute Gasteiger partial charge is 0.505 e. The first kappa shape index (κ1) is 11.0.